The normalized spacial score (nSPS) is 13.6. The number of carbonyl (C=O) groups is 1. The van der Waals surface area contributed by atoms with Crippen molar-refractivity contribution >= 4 is 5.91 Å². The van der Waals surface area contributed by atoms with Crippen LogP contribution in [0.3, 0.4) is 0 Å². The molecule has 1 aromatic rings. The molecule has 0 radical (unpaired) electrons. The number of nitriles is 1. The third kappa shape index (κ3) is 3.09. The van der Waals surface area contributed by atoms with Gasteiger partial charge in [-0.3, -0.25) is 4.79 Å². The quantitative estimate of drug-likeness (QED) is 0.840. The van der Waals surface area contributed by atoms with Crippen molar-refractivity contribution in [3.8, 4) is 6.07 Å². The summed E-state index contributed by atoms with van der Waals surface area (Å²) in [6, 6.07) is 11.6. The summed E-state index contributed by atoms with van der Waals surface area (Å²) in [5.41, 5.74) is 1.05. The van der Waals surface area contributed by atoms with Crippen LogP contribution in [0.2, 0.25) is 0 Å². The van der Waals surface area contributed by atoms with E-state index in [9.17, 15) is 4.79 Å². The standard InChI is InChI=1S/C13H16N2O/c1-3-11(9-14)13(16)15-10(2)12-7-5-4-6-8-12/h4-8,10-11H,3H2,1-2H3,(H,15,16)/t10-,11-/m0/s1. The van der Waals surface area contributed by atoms with Crippen LogP contribution in [0, 0.1) is 17.2 Å². The van der Waals surface area contributed by atoms with Crippen molar-refractivity contribution in [2.45, 2.75) is 26.3 Å². The van der Waals surface area contributed by atoms with Crippen LogP contribution >= 0.6 is 0 Å². The molecule has 0 unspecified atom stereocenters. The van der Waals surface area contributed by atoms with Gasteiger partial charge < -0.3 is 5.32 Å². The molecule has 0 saturated heterocycles. The van der Waals surface area contributed by atoms with Gasteiger partial charge in [-0.15, -0.1) is 0 Å². The van der Waals surface area contributed by atoms with Crippen LogP contribution in [0.4, 0.5) is 0 Å². The van der Waals surface area contributed by atoms with E-state index in [2.05, 4.69) is 5.32 Å². The fourth-order valence-electron chi connectivity index (χ4n) is 1.47. The Labute approximate surface area is 96.1 Å². The predicted octanol–water partition coefficient (Wildman–Crippen LogP) is 2.41. The molecule has 0 saturated carbocycles. The van der Waals surface area contributed by atoms with E-state index in [1.54, 1.807) is 0 Å². The minimum atomic E-state index is -0.550. The third-order valence-electron chi connectivity index (χ3n) is 2.54. The molecule has 3 heteroatoms. The Morgan fingerprint density at radius 3 is 2.56 bits per heavy atom. The Hall–Kier alpha value is -1.82. The minimum Gasteiger partial charge on any atom is -0.348 e. The van der Waals surface area contributed by atoms with Gasteiger partial charge >= 0.3 is 0 Å². The maximum Gasteiger partial charge on any atom is 0.237 e. The molecule has 0 fully saturated rings. The lowest BCUT2D eigenvalue weighted by Gasteiger charge is -2.15. The van der Waals surface area contributed by atoms with E-state index in [0.29, 0.717) is 6.42 Å². The Kier molecular flexibility index (Phi) is 4.53. The second kappa shape index (κ2) is 5.92. The van der Waals surface area contributed by atoms with Crippen LogP contribution in [0.15, 0.2) is 30.3 Å². The van der Waals surface area contributed by atoms with E-state index in [-0.39, 0.29) is 11.9 Å². The molecule has 16 heavy (non-hydrogen) atoms. The maximum atomic E-state index is 11.7. The maximum absolute atomic E-state index is 11.7. The Morgan fingerprint density at radius 2 is 2.06 bits per heavy atom. The van der Waals surface area contributed by atoms with Gasteiger partial charge in [0.05, 0.1) is 12.1 Å². The number of rotatable bonds is 4. The molecule has 2 atom stereocenters. The van der Waals surface area contributed by atoms with Crippen molar-refractivity contribution in [2.24, 2.45) is 5.92 Å². The van der Waals surface area contributed by atoms with Crippen LogP contribution in [0.25, 0.3) is 0 Å². The molecule has 1 aromatic carbocycles. The van der Waals surface area contributed by atoms with Crippen molar-refractivity contribution in [2.75, 3.05) is 0 Å². The molecular weight excluding hydrogens is 200 g/mol. The fraction of sp³-hybridized carbons (Fsp3) is 0.385. The Morgan fingerprint density at radius 1 is 1.44 bits per heavy atom. The highest BCUT2D eigenvalue weighted by molar-refractivity contribution is 5.81. The number of hydrogen-bond donors (Lipinski definition) is 1. The second-order valence-electron chi connectivity index (χ2n) is 3.73. The van der Waals surface area contributed by atoms with Gasteiger partial charge in [0.25, 0.3) is 0 Å². The highest BCUT2D eigenvalue weighted by Gasteiger charge is 2.17. The van der Waals surface area contributed by atoms with Crippen molar-refractivity contribution < 1.29 is 4.79 Å². The van der Waals surface area contributed by atoms with Gasteiger partial charge in [-0.2, -0.15) is 5.26 Å². The van der Waals surface area contributed by atoms with Crippen LogP contribution in [-0.2, 0) is 4.79 Å². The van der Waals surface area contributed by atoms with Crippen molar-refractivity contribution in [1.29, 1.82) is 5.26 Å². The van der Waals surface area contributed by atoms with Gasteiger partial charge in [-0.25, -0.2) is 0 Å². The van der Waals surface area contributed by atoms with Crippen LogP contribution in [0.5, 0.6) is 0 Å². The van der Waals surface area contributed by atoms with E-state index in [1.165, 1.54) is 0 Å². The average Bonchev–Trinajstić information content (AvgIpc) is 2.31. The zero-order valence-electron chi connectivity index (χ0n) is 9.60. The van der Waals surface area contributed by atoms with Gasteiger partial charge in [0.15, 0.2) is 0 Å². The molecule has 0 aliphatic rings. The summed E-state index contributed by atoms with van der Waals surface area (Å²) in [6.07, 6.45) is 0.545. The predicted molar refractivity (Wildman–Crippen MR) is 62.4 cm³/mol. The molecule has 1 amide bonds. The van der Waals surface area contributed by atoms with Crippen molar-refractivity contribution in [3.63, 3.8) is 0 Å². The molecule has 1 N–H and O–H groups in total. The topological polar surface area (TPSA) is 52.9 Å². The molecule has 0 bridgehead atoms. The molecule has 0 heterocycles. The second-order valence-corrected chi connectivity index (χ2v) is 3.73. The largest absolute Gasteiger partial charge is 0.348 e. The SMILES string of the molecule is CC[C@@H](C#N)C(=O)N[C@@H](C)c1ccccc1. The van der Waals surface area contributed by atoms with E-state index in [0.717, 1.165) is 5.56 Å². The lowest BCUT2D eigenvalue weighted by atomic mass is 10.1. The minimum absolute atomic E-state index is 0.0592. The van der Waals surface area contributed by atoms with Gasteiger partial charge in [0.1, 0.15) is 5.92 Å². The Bertz CT molecular complexity index is 381. The molecule has 0 aromatic heterocycles. The first-order valence-corrected chi connectivity index (χ1v) is 5.44. The number of nitrogens with zero attached hydrogens (tertiary/aromatic N) is 1. The first-order chi connectivity index (χ1) is 7.69. The van der Waals surface area contributed by atoms with Gasteiger partial charge in [-0.1, -0.05) is 37.3 Å². The summed E-state index contributed by atoms with van der Waals surface area (Å²) in [6.45, 7) is 3.75. The van der Waals surface area contributed by atoms with Gasteiger partial charge in [0, 0.05) is 0 Å². The van der Waals surface area contributed by atoms with Crippen molar-refractivity contribution in [1.82, 2.24) is 5.32 Å². The summed E-state index contributed by atoms with van der Waals surface area (Å²) in [7, 11) is 0. The number of amides is 1. The fourth-order valence-corrected chi connectivity index (χ4v) is 1.47. The number of carbonyl (C=O) groups excluding carboxylic acids is 1. The molecule has 3 nitrogen and oxygen atoms in total. The first-order valence-electron chi connectivity index (χ1n) is 5.44. The van der Waals surface area contributed by atoms with Crippen LogP contribution in [-0.4, -0.2) is 5.91 Å². The van der Waals surface area contributed by atoms with E-state index >= 15 is 0 Å². The lowest BCUT2D eigenvalue weighted by molar-refractivity contribution is -0.124. The smallest absolute Gasteiger partial charge is 0.237 e. The zero-order chi connectivity index (χ0) is 12.0. The highest BCUT2D eigenvalue weighted by Crippen LogP contribution is 2.12. The lowest BCUT2D eigenvalue weighted by Crippen LogP contribution is -2.31. The first kappa shape index (κ1) is 12.3. The summed E-state index contributed by atoms with van der Waals surface area (Å²) in [5, 5.41) is 11.6. The molecule has 0 spiro atoms. The zero-order valence-corrected chi connectivity index (χ0v) is 9.60. The third-order valence-corrected chi connectivity index (χ3v) is 2.54. The average molecular weight is 216 g/mol. The van der Waals surface area contributed by atoms with E-state index < -0.39 is 5.92 Å². The van der Waals surface area contributed by atoms with Crippen LogP contribution < -0.4 is 5.32 Å². The van der Waals surface area contributed by atoms with Gasteiger partial charge in [0.2, 0.25) is 5.91 Å². The molecular formula is C13H16N2O. The summed E-state index contributed by atoms with van der Waals surface area (Å²) >= 11 is 0. The van der Waals surface area contributed by atoms with Crippen molar-refractivity contribution in [3.05, 3.63) is 35.9 Å². The summed E-state index contributed by atoms with van der Waals surface area (Å²) in [5.74, 6) is -0.743. The highest BCUT2D eigenvalue weighted by atomic mass is 16.1. The monoisotopic (exact) mass is 216 g/mol. The number of hydrogen-bond acceptors (Lipinski definition) is 2. The van der Waals surface area contributed by atoms with E-state index in [1.807, 2.05) is 50.2 Å². The van der Waals surface area contributed by atoms with Crippen LogP contribution in [0.1, 0.15) is 31.9 Å². The van der Waals surface area contributed by atoms with Gasteiger partial charge in [-0.05, 0) is 18.9 Å². The van der Waals surface area contributed by atoms with E-state index in [4.69, 9.17) is 5.26 Å². The molecule has 0 aliphatic carbocycles. The summed E-state index contributed by atoms with van der Waals surface area (Å²) in [4.78, 5) is 11.7. The summed E-state index contributed by atoms with van der Waals surface area (Å²) < 4.78 is 0. The number of nitrogens with one attached hydrogen (secondary N) is 1. The number of benzene rings is 1. The molecule has 0 aliphatic heterocycles. The Balaban J connectivity index is 2.62. The molecule has 84 valence electrons. The molecule has 1 rings (SSSR count).